The van der Waals surface area contributed by atoms with Gasteiger partial charge in [-0.05, 0) is 0 Å². The van der Waals surface area contributed by atoms with Gasteiger partial charge in [0.1, 0.15) is 67.1 Å². The Labute approximate surface area is 192 Å². The fourth-order valence-corrected chi connectivity index (χ4v) is 1.65. The van der Waals surface area contributed by atoms with E-state index in [1.165, 1.54) is 0 Å². The van der Waals surface area contributed by atoms with Crippen molar-refractivity contribution in [3.63, 3.8) is 0 Å². The lowest BCUT2D eigenvalue weighted by Gasteiger charge is -2.22. The first kappa shape index (κ1) is 37.0. The van der Waals surface area contributed by atoms with Crippen LogP contribution in [0.25, 0.3) is 0 Å². The average Bonchev–Trinajstić information content (AvgIpc) is 2.88. The molecule has 0 aliphatic rings. The molecule has 0 rings (SSSR count). The van der Waals surface area contributed by atoms with Crippen LogP contribution < -0.4 is 0 Å². The summed E-state index contributed by atoms with van der Waals surface area (Å²) in [6, 6.07) is 0. The number of aliphatic hydroxyl groups is 14. The van der Waals surface area contributed by atoms with Crippen LogP contribution in [0.4, 0.5) is 0 Å². The van der Waals surface area contributed by atoms with Gasteiger partial charge in [-0.2, -0.15) is 0 Å². The summed E-state index contributed by atoms with van der Waals surface area (Å²) in [5.41, 5.74) is 0. The standard InChI is InChI=1S/2C6H12O6.C5H10O5/c2*7-1-3(9)5(11)6(12)4(10)2-8;6-1-3(8)5(10)4(9)2-7/h2*1,3-6,8-12H,2H2;1,3-5,7-10H,2H2/t2*3-,4+,5+,6+;3-,4+,5+/m000/s1. The molecule has 0 aromatic heterocycles. The van der Waals surface area contributed by atoms with Crippen LogP contribution in [0.1, 0.15) is 0 Å². The summed E-state index contributed by atoms with van der Waals surface area (Å²) < 4.78 is 0. The maximum Gasteiger partial charge on any atom is 0.151 e. The molecule has 0 fully saturated rings. The van der Waals surface area contributed by atoms with Gasteiger partial charge < -0.3 is 85.9 Å². The molecule has 0 heterocycles. The normalized spacial score (nSPS) is 20.6. The van der Waals surface area contributed by atoms with E-state index in [1.807, 2.05) is 0 Å². The van der Waals surface area contributed by atoms with Crippen LogP contribution in [-0.4, -0.2) is 177 Å². The topological polar surface area (TPSA) is 334 Å². The quantitative estimate of drug-likeness (QED) is 0.0964. The molecule has 0 aromatic rings. The Morgan fingerprint density at radius 1 is 0.382 bits per heavy atom. The highest BCUT2D eigenvalue weighted by molar-refractivity contribution is 5.57. The maximum atomic E-state index is 9.90. The first-order valence-electron chi connectivity index (χ1n) is 9.39. The van der Waals surface area contributed by atoms with Crippen LogP contribution in [0.2, 0.25) is 0 Å². The monoisotopic (exact) mass is 510 g/mol. The Kier molecular flexibility index (Phi) is 22.6. The molecule has 0 aliphatic heterocycles. The molecule has 11 atom stereocenters. The van der Waals surface area contributed by atoms with Gasteiger partial charge in [-0.15, -0.1) is 0 Å². The zero-order chi connectivity index (χ0) is 27.6. The smallest absolute Gasteiger partial charge is 0.151 e. The minimum Gasteiger partial charge on any atom is -0.394 e. The van der Waals surface area contributed by atoms with E-state index in [2.05, 4.69) is 0 Å². The Balaban J connectivity index is -0.000000426. The summed E-state index contributed by atoms with van der Waals surface area (Å²) in [5.74, 6) is 0. The van der Waals surface area contributed by atoms with Crippen molar-refractivity contribution < 1.29 is 85.9 Å². The van der Waals surface area contributed by atoms with E-state index in [9.17, 15) is 14.4 Å². The van der Waals surface area contributed by atoms with E-state index in [1.54, 1.807) is 0 Å². The molecule has 0 spiro atoms. The lowest BCUT2D eigenvalue weighted by molar-refractivity contribution is -0.136. The van der Waals surface area contributed by atoms with Crippen LogP contribution in [0, 0.1) is 0 Å². The molecule has 0 amide bonds. The molecule has 0 unspecified atom stereocenters. The highest BCUT2D eigenvalue weighted by Gasteiger charge is 2.30. The van der Waals surface area contributed by atoms with Gasteiger partial charge in [0, 0.05) is 0 Å². The molecule has 14 N–H and O–H groups in total. The molecule has 34 heavy (non-hydrogen) atoms. The van der Waals surface area contributed by atoms with E-state index < -0.39 is 87.0 Å². The molecule has 0 saturated carbocycles. The number of rotatable bonds is 14. The fraction of sp³-hybridized carbons (Fsp3) is 0.824. The summed E-state index contributed by atoms with van der Waals surface area (Å²) in [5, 5.41) is 121. The summed E-state index contributed by atoms with van der Waals surface area (Å²) >= 11 is 0. The van der Waals surface area contributed by atoms with E-state index in [-0.39, 0.29) is 18.9 Å². The van der Waals surface area contributed by atoms with Crippen LogP contribution in [0.15, 0.2) is 0 Å². The summed E-state index contributed by atoms with van der Waals surface area (Å²) in [4.78, 5) is 29.6. The van der Waals surface area contributed by atoms with Crippen molar-refractivity contribution in [3.8, 4) is 0 Å². The van der Waals surface area contributed by atoms with Crippen molar-refractivity contribution in [3.05, 3.63) is 0 Å². The first-order valence-corrected chi connectivity index (χ1v) is 9.39. The minimum absolute atomic E-state index is 0.0258. The molecule has 0 bridgehead atoms. The number of hydrogen-bond acceptors (Lipinski definition) is 17. The third kappa shape index (κ3) is 14.7. The van der Waals surface area contributed by atoms with Crippen LogP contribution >= 0.6 is 0 Å². The second-order valence-corrected chi connectivity index (χ2v) is 6.58. The Morgan fingerprint density at radius 3 is 0.794 bits per heavy atom. The van der Waals surface area contributed by atoms with E-state index in [0.717, 1.165) is 0 Å². The molecule has 0 aromatic carbocycles. The van der Waals surface area contributed by atoms with Crippen LogP contribution in [-0.2, 0) is 14.4 Å². The fourth-order valence-electron chi connectivity index (χ4n) is 1.65. The number of carbonyl (C=O) groups is 3. The van der Waals surface area contributed by atoms with Crippen molar-refractivity contribution in [2.24, 2.45) is 0 Å². The maximum absolute atomic E-state index is 9.90. The Hall–Kier alpha value is -1.55. The van der Waals surface area contributed by atoms with Gasteiger partial charge in [-0.25, -0.2) is 0 Å². The number of hydrogen-bond donors (Lipinski definition) is 14. The van der Waals surface area contributed by atoms with Crippen molar-refractivity contribution >= 4 is 18.9 Å². The number of aliphatic hydroxyl groups excluding tert-OH is 14. The zero-order valence-electron chi connectivity index (χ0n) is 17.7. The third-order valence-electron chi connectivity index (χ3n) is 3.91. The van der Waals surface area contributed by atoms with Gasteiger partial charge in [0.25, 0.3) is 0 Å². The van der Waals surface area contributed by atoms with Gasteiger partial charge in [0.2, 0.25) is 0 Å². The molecule has 0 aliphatic carbocycles. The number of carbonyl (C=O) groups excluding carboxylic acids is 3. The molecular formula is C17H34O17. The highest BCUT2D eigenvalue weighted by Crippen LogP contribution is 2.04. The summed E-state index contributed by atoms with van der Waals surface area (Å²) in [7, 11) is 0. The predicted molar refractivity (Wildman–Crippen MR) is 106 cm³/mol. The lowest BCUT2D eigenvalue weighted by Crippen LogP contribution is -2.46. The predicted octanol–water partition coefficient (Wildman–Crippen LogP) is -9.50. The summed E-state index contributed by atoms with van der Waals surface area (Å²) in [6.07, 6.45) is -18.3. The average molecular weight is 510 g/mol. The molecule has 17 nitrogen and oxygen atoms in total. The van der Waals surface area contributed by atoms with E-state index >= 15 is 0 Å². The van der Waals surface area contributed by atoms with Gasteiger partial charge in [0.05, 0.1) is 19.8 Å². The Morgan fingerprint density at radius 2 is 0.588 bits per heavy atom. The van der Waals surface area contributed by atoms with Crippen molar-refractivity contribution in [2.45, 2.75) is 67.1 Å². The second kappa shape index (κ2) is 20.8. The van der Waals surface area contributed by atoms with E-state index in [0.29, 0.717) is 0 Å². The molecule has 0 radical (unpaired) electrons. The van der Waals surface area contributed by atoms with Crippen molar-refractivity contribution in [2.75, 3.05) is 19.8 Å². The van der Waals surface area contributed by atoms with Gasteiger partial charge in [-0.1, -0.05) is 0 Å². The second-order valence-electron chi connectivity index (χ2n) is 6.58. The van der Waals surface area contributed by atoms with Gasteiger partial charge in [0.15, 0.2) is 18.9 Å². The van der Waals surface area contributed by atoms with Crippen LogP contribution in [0.5, 0.6) is 0 Å². The zero-order valence-corrected chi connectivity index (χ0v) is 17.7. The Bertz CT molecular complexity index is 490. The molecule has 17 heteroatoms. The molecule has 204 valence electrons. The van der Waals surface area contributed by atoms with Crippen molar-refractivity contribution in [1.29, 1.82) is 0 Å². The molecular weight excluding hydrogens is 476 g/mol. The van der Waals surface area contributed by atoms with Crippen molar-refractivity contribution in [1.82, 2.24) is 0 Å². The highest BCUT2D eigenvalue weighted by atomic mass is 16.4. The van der Waals surface area contributed by atoms with Crippen LogP contribution in [0.3, 0.4) is 0 Å². The first-order chi connectivity index (χ1) is 15.7. The van der Waals surface area contributed by atoms with E-state index in [4.69, 9.17) is 71.5 Å². The summed E-state index contributed by atoms with van der Waals surface area (Å²) in [6.45, 7) is -2.21. The van der Waals surface area contributed by atoms with Gasteiger partial charge in [-0.3, -0.25) is 0 Å². The number of aldehydes is 3. The minimum atomic E-state index is -1.79. The third-order valence-corrected chi connectivity index (χ3v) is 3.91. The molecule has 0 saturated heterocycles. The lowest BCUT2D eigenvalue weighted by atomic mass is 10.0. The largest absolute Gasteiger partial charge is 0.394 e. The van der Waals surface area contributed by atoms with Gasteiger partial charge >= 0.3 is 0 Å². The SMILES string of the molecule is O=C[C@H](O)[C@@H](O)[C@H](O)CO.O=C[C@H](O)[C@@H](O)[C@H](O)[C@H](O)CO.O=C[C@H](O)[C@@H](O)[C@H](O)[C@H](O)CO.